The summed E-state index contributed by atoms with van der Waals surface area (Å²) in [7, 11) is 1.51. The summed E-state index contributed by atoms with van der Waals surface area (Å²) in [4.78, 5) is 25.5. The van der Waals surface area contributed by atoms with E-state index in [1.165, 1.54) is 19.2 Å². The highest BCUT2D eigenvalue weighted by Crippen LogP contribution is 2.35. The van der Waals surface area contributed by atoms with Crippen molar-refractivity contribution in [3.63, 3.8) is 0 Å². The van der Waals surface area contributed by atoms with Crippen molar-refractivity contribution in [3.05, 3.63) is 84.3 Å². The Morgan fingerprint density at radius 3 is 2.79 bits per heavy atom. The van der Waals surface area contributed by atoms with E-state index in [4.69, 9.17) is 9.15 Å². The standard InChI is InChI=1S/C30H23F3N4O5/c1-40-26-4-2-3-16-10-27(41-28(16)26)25-12-21(20-11-19(42-30(31,32)33)5-6-24(20)37-25)29(39)36-18(15-38)9-17-13-35-23-7-8-34-14-22(17)23/h2-8,10-14,18,35,38H,9,15H2,1H3,(H,36,39)/t18-/m1/s1. The summed E-state index contributed by atoms with van der Waals surface area (Å²) in [6, 6.07) is 13.2. The molecule has 4 heterocycles. The van der Waals surface area contributed by atoms with Gasteiger partial charge in [0.1, 0.15) is 11.4 Å². The average Bonchev–Trinajstić information content (AvgIpc) is 3.60. The number of furan rings is 1. The maximum Gasteiger partial charge on any atom is 0.573 e. The number of benzene rings is 2. The third kappa shape index (κ3) is 5.31. The van der Waals surface area contributed by atoms with Crippen molar-refractivity contribution >= 4 is 38.7 Å². The van der Waals surface area contributed by atoms with Crippen molar-refractivity contribution in [3.8, 4) is 23.0 Å². The lowest BCUT2D eigenvalue weighted by Crippen LogP contribution is -2.39. The summed E-state index contributed by atoms with van der Waals surface area (Å²) >= 11 is 0. The van der Waals surface area contributed by atoms with Crippen LogP contribution in [0.3, 0.4) is 0 Å². The number of aliphatic hydroxyl groups excluding tert-OH is 1. The van der Waals surface area contributed by atoms with Crippen molar-refractivity contribution in [2.24, 2.45) is 0 Å². The summed E-state index contributed by atoms with van der Waals surface area (Å²) < 4.78 is 54.4. The molecular formula is C30H23F3N4O5. The van der Waals surface area contributed by atoms with E-state index in [-0.39, 0.29) is 35.2 Å². The second kappa shape index (κ2) is 10.7. The minimum atomic E-state index is -4.92. The van der Waals surface area contributed by atoms with Crippen molar-refractivity contribution in [2.75, 3.05) is 13.7 Å². The zero-order chi connectivity index (χ0) is 29.4. The fraction of sp³-hybridized carbons (Fsp3) is 0.167. The predicted molar refractivity (Wildman–Crippen MR) is 148 cm³/mol. The van der Waals surface area contributed by atoms with Gasteiger partial charge in [-0.3, -0.25) is 9.78 Å². The zero-order valence-electron chi connectivity index (χ0n) is 22.0. The smallest absolute Gasteiger partial charge is 0.493 e. The molecule has 0 fully saturated rings. The van der Waals surface area contributed by atoms with Crippen LogP contribution in [-0.2, 0) is 6.42 Å². The molecule has 6 rings (SSSR count). The molecular weight excluding hydrogens is 553 g/mol. The van der Waals surface area contributed by atoms with Gasteiger partial charge in [-0.25, -0.2) is 4.98 Å². The fourth-order valence-corrected chi connectivity index (χ4v) is 4.92. The number of hydrogen-bond donors (Lipinski definition) is 3. The lowest BCUT2D eigenvalue weighted by Gasteiger charge is -2.18. The van der Waals surface area contributed by atoms with E-state index in [1.807, 2.05) is 12.1 Å². The quantitative estimate of drug-likeness (QED) is 0.210. The maximum atomic E-state index is 13.7. The SMILES string of the molecule is COc1cccc2cc(-c3cc(C(=O)N[C@@H](CO)Cc4c[nH]c5ccncc45)c4cc(OC(F)(F)F)ccc4n3)oc12. The summed E-state index contributed by atoms with van der Waals surface area (Å²) in [6.45, 7) is -0.389. The Labute approximate surface area is 235 Å². The van der Waals surface area contributed by atoms with Gasteiger partial charge in [-0.1, -0.05) is 12.1 Å². The molecule has 0 saturated heterocycles. The van der Waals surface area contributed by atoms with Gasteiger partial charge in [0, 0.05) is 40.3 Å². The van der Waals surface area contributed by atoms with Gasteiger partial charge < -0.3 is 29.3 Å². The fourth-order valence-electron chi connectivity index (χ4n) is 4.92. The van der Waals surface area contributed by atoms with E-state index in [1.54, 1.807) is 36.8 Å². The first kappa shape index (κ1) is 27.1. The number of nitrogens with zero attached hydrogens (tertiary/aromatic N) is 2. The predicted octanol–water partition coefficient (Wildman–Crippen LogP) is 5.76. The topological polar surface area (TPSA) is 122 Å². The van der Waals surface area contributed by atoms with E-state index in [2.05, 4.69) is 25.0 Å². The van der Waals surface area contributed by atoms with Gasteiger partial charge in [0.15, 0.2) is 17.1 Å². The Hall–Kier alpha value is -5.10. The molecule has 0 aliphatic heterocycles. The molecule has 1 atom stereocenters. The highest BCUT2D eigenvalue weighted by atomic mass is 19.4. The van der Waals surface area contributed by atoms with Gasteiger partial charge in [0.25, 0.3) is 5.91 Å². The molecule has 42 heavy (non-hydrogen) atoms. The van der Waals surface area contributed by atoms with Gasteiger partial charge in [0.05, 0.1) is 30.8 Å². The Balaban J connectivity index is 1.40. The number of fused-ring (bicyclic) bond motifs is 3. The third-order valence-electron chi connectivity index (χ3n) is 6.83. The molecule has 214 valence electrons. The molecule has 0 saturated carbocycles. The normalized spacial score (nSPS) is 12.6. The van der Waals surface area contributed by atoms with Crippen LogP contribution in [0.4, 0.5) is 13.2 Å². The van der Waals surface area contributed by atoms with E-state index in [0.717, 1.165) is 34.0 Å². The molecule has 0 radical (unpaired) electrons. The summed E-state index contributed by atoms with van der Waals surface area (Å²) in [5.74, 6) is -0.300. The second-order valence-corrected chi connectivity index (χ2v) is 9.56. The zero-order valence-corrected chi connectivity index (χ0v) is 22.0. The number of pyridine rings is 2. The first-order valence-electron chi connectivity index (χ1n) is 12.8. The Bertz CT molecular complexity index is 1930. The van der Waals surface area contributed by atoms with Crippen molar-refractivity contribution < 1.29 is 37.0 Å². The number of H-pyrrole nitrogens is 1. The number of rotatable bonds is 8. The molecule has 2 aromatic carbocycles. The number of aromatic nitrogens is 3. The van der Waals surface area contributed by atoms with Crippen molar-refractivity contribution in [1.29, 1.82) is 0 Å². The molecule has 3 N–H and O–H groups in total. The number of hydrogen-bond acceptors (Lipinski definition) is 7. The number of amides is 1. The number of carbonyl (C=O) groups excluding carboxylic acids is 1. The van der Waals surface area contributed by atoms with Crippen LogP contribution in [0.15, 0.2) is 77.6 Å². The van der Waals surface area contributed by atoms with Gasteiger partial charge in [0.2, 0.25) is 0 Å². The summed E-state index contributed by atoms with van der Waals surface area (Å²) in [5, 5.41) is 14.6. The number of ether oxygens (including phenoxy) is 2. The monoisotopic (exact) mass is 576 g/mol. The largest absolute Gasteiger partial charge is 0.573 e. The Morgan fingerprint density at radius 2 is 2.00 bits per heavy atom. The molecule has 1 amide bonds. The van der Waals surface area contributed by atoms with Gasteiger partial charge in [-0.15, -0.1) is 13.2 Å². The van der Waals surface area contributed by atoms with Gasteiger partial charge in [-0.05, 0) is 54.4 Å². The third-order valence-corrected chi connectivity index (χ3v) is 6.83. The minimum absolute atomic E-state index is 0.0223. The van der Waals surface area contributed by atoms with Crippen LogP contribution in [0, 0.1) is 0 Å². The van der Waals surface area contributed by atoms with Crippen molar-refractivity contribution in [2.45, 2.75) is 18.8 Å². The molecule has 6 aromatic rings. The number of alkyl halides is 3. The molecule has 0 aliphatic rings. The molecule has 0 spiro atoms. The lowest BCUT2D eigenvalue weighted by atomic mass is 10.0. The number of nitrogens with one attached hydrogen (secondary N) is 2. The number of carbonyl (C=O) groups is 1. The molecule has 0 bridgehead atoms. The number of aromatic amines is 1. The molecule has 0 aliphatic carbocycles. The number of aliphatic hydroxyl groups is 1. The molecule has 0 unspecified atom stereocenters. The number of methoxy groups -OCH3 is 1. The van der Waals surface area contributed by atoms with Crippen LogP contribution in [0.5, 0.6) is 11.5 Å². The van der Waals surface area contributed by atoms with Crippen LogP contribution >= 0.6 is 0 Å². The number of halogens is 3. The van der Waals surface area contributed by atoms with E-state index in [0.29, 0.717) is 17.1 Å². The van der Waals surface area contributed by atoms with Gasteiger partial charge in [-0.2, -0.15) is 0 Å². The summed E-state index contributed by atoms with van der Waals surface area (Å²) in [5.41, 5.74) is 2.70. The Kier molecular flexibility index (Phi) is 6.91. The second-order valence-electron chi connectivity index (χ2n) is 9.56. The van der Waals surface area contributed by atoms with E-state index >= 15 is 0 Å². The molecule has 9 nitrogen and oxygen atoms in total. The van der Waals surface area contributed by atoms with Gasteiger partial charge >= 0.3 is 6.36 Å². The lowest BCUT2D eigenvalue weighted by molar-refractivity contribution is -0.274. The van der Waals surface area contributed by atoms with Crippen LogP contribution < -0.4 is 14.8 Å². The van der Waals surface area contributed by atoms with Crippen molar-refractivity contribution in [1.82, 2.24) is 20.3 Å². The van der Waals surface area contributed by atoms with Crippen LogP contribution in [0.1, 0.15) is 15.9 Å². The first-order valence-corrected chi connectivity index (χ1v) is 12.8. The molecule has 4 aromatic heterocycles. The van der Waals surface area contributed by atoms with E-state index < -0.39 is 24.1 Å². The average molecular weight is 577 g/mol. The summed E-state index contributed by atoms with van der Waals surface area (Å²) in [6.07, 6.45) is 0.458. The number of para-hydroxylation sites is 1. The van der Waals surface area contributed by atoms with E-state index in [9.17, 15) is 23.1 Å². The highest BCUT2D eigenvalue weighted by molar-refractivity contribution is 6.07. The Morgan fingerprint density at radius 1 is 1.14 bits per heavy atom. The van der Waals surface area contributed by atoms with Crippen LogP contribution in [0.2, 0.25) is 0 Å². The molecule has 12 heteroatoms. The van der Waals surface area contributed by atoms with Crippen LogP contribution in [-0.4, -0.2) is 52.1 Å². The maximum absolute atomic E-state index is 13.7. The minimum Gasteiger partial charge on any atom is -0.493 e. The first-order chi connectivity index (χ1) is 20.2. The van der Waals surface area contributed by atoms with Crippen LogP contribution in [0.25, 0.3) is 44.2 Å². The highest BCUT2D eigenvalue weighted by Gasteiger charge is 2.31.